The lowest BCUT2D eigenvalue weighted by Gasteiger charge is -2.22. The Morgan fingerprint density at radius 2 is 2.15 bits per heavy atom. The second-order valence-corrected chi connectivity index (χ2v) is 7.35. The Kier molecular flexibility index (Phi) is 5.88. The number of halogens is 3. The third-order valence-electron chi connectivity index (χ3n) is 4.08. The van der Waals surface area contributed by atoms with E-state index in [-0.39, 0.29) is 10.8 Å². The van der Waals surface area contributed by atoms with Crippen LogP contribution in [0.5, 0.6) is 0 Å². The van der Waals surface area contributed by atoms with E-state index in [1.807, 2.05) is 12.1 Å². The minimum atomic E-state index is -0.248. The zero-order valence-electron chi connectivity index (χ0n) is 12.1. The van der Waals surface area contributed by atoms with Gasteiger partial charge in [-0.2, -0.15) is 0 Å². The largest absolute Gasteiger partial charge is 0.316 e. The maximum atomic E-state index is 14.4. The van der Waals surface area contributed by atoms with E-state index >= 15 is 0 Å². The molecule has 0 amide bonds. The lowest BCUT2D eigenvalue weighted by atomic mass is 9.88. The summed E-state index contributed by atoms with van der Waals surface area (Å²) in [6.45, 7) is 6.39. The Morgan fingerprint density at radius 3 is 2.85 bits per heavy atom. The molecule has 2 atom stereocenters. The van der Waals surface area contributed by atoms with Gasteiger partial charge in [0.25, 0.3) is 0 Å². The van der Waals surface area contributed by atoms with Gasteiger partial charge in [-0.05, 0) is 71.2 Å². The Morgan fingerprint density at radius 1 is 1.40 bits per heavy atom. The van der Waals surface area contributed by atoms with E-state index < -0.39 is 0 Å². The van der Waals surface area contributed by atoms with Crippen LogP contribution in [0.25, 0.3) is 0 Å². The zero-order chi connectivity index (χ0) is 14.7. The van der Waals surface area contributed by atoms with Gasteiger partial charge in [-0.25, -0.2) is 4.39 Å². The average Bonchev–Trinajstić information content (AvgIpc) is 2.84. The summed E-state index contributed by atoms with van der Waals surface area (Å²) in [5.74, 6) is 1.20. The Balaban J connectivity index is 2.09. The van der Waals surface area contributed by atoms with Gasteiger partial charge in [0, 0.05) is 4.47 Å². The summed E-state index contributed by atoms with van der Waals surface area (Å²) in [6, 6.07) is 3.74. The fourth-order valence-corrected chi connectivity index (χ4v) is 3.55. The maximum Gasteiger partial charge on any atom is 0.146 e. The molecule has 1 nitrogen and oxygen atoms in total. The highest BCUT2D eigenvalue weighted by molar-refractivity contribution is 9.10. The SMILES string of the molecule is CC(C)CNCC1CCCC1c1ccc(Br)c(Cl)c1F. The predicted octanol–water partition coefficient (Wildman–Crippen LogP) is 5.37. The van der Waals surface area contributed by atoms with Gasteiger partial charge in [-0.3, -0.25) is 0 Å². The fourth-order valence-electron chi connectivity index (χ4n) is 3.08. The first-order chi connectivity index (χ1) is 9.50. The van der Waals surface area contributed by atoms with Crippen molar-refractivity contribution in [2.24, 2.45) is 11.8 Å². The number of rotatable bonds is 5. The molecule has 1 aliphatic carbocycles. The van der Waals surface area contributed by atoms with Crippen molar-refractivity contribution in [1.29, 1.82) is 0 Å². The standard InChI is InChI=1S/C16H22BrClFN/c1-10(2)8-20-9-11-4-3-5-12(11)13-6-7-14(17)15(18)16(13)19/h6-7,10-12,20H,3-5,8-9H2,1-2H3. The number of benzene rings is 1. The summed E-state index contributed by atoms with van der Waals surface area (Å²) >= 11 is 9.29. The van der Waals surface area contributed by atoms with E-state index in [0.29, 0.717) is 22.2 Å². The number of hydrogen-bond donors (Lipinski definition) is 1. The summed E-state index contributed by atoms with van der Waals surface area (Å²) in [4.78, 5) is 0. The highest BCUT2D eigenvalue weighted by Crippen LogP contribution is 2.42. The van der Waals surface area contributed by atoms with Crippen LogP contribution in [0.15, 0.2) is 16.6 Å². The molecule has 0 spiro atoms. The first-order valence-electron chi connectivity index (χ1n) is 7.34. The summed E-state index contributed by atoms with van der Waals surface area (Å²) in [6.07, 6.45) is 3.40. The molecule has 4 heteroatoms. The van der Waals surface area contributed by atoms with Crippen molar-refractivity contribution in [3.05, 3.63) is 33.0 Å². The van der Waals surface area contributed by atoms with Crippen LogP contribution in [-0.4, -0.2) is 13.1 Å². The molecule has 1 aromatic rings. The first-order valence-corrected chi connectivity index (χ1v) is 8.52. The van der Waals surface area contributed by atoms with E-state index in [9.17, 15) is 4.39 Å². The molecule has 1 aromatic carbocycles. The average molecular weight is 363 g/mol. The Hall–Kier alpha value is -0.120. The molecule has 2 unspecified atom stereocenters. The lowest BCUT2D eigenvalue weighted by molar-refractivity contribution is 0.416. The Labute approximate surface area is 134 Å². The minimum Gasteiger partial charge on any atom is -0.316 e. The van der Waals surface area contributed by atoms with Crippen molar-refractivity contribution in [3.8, 4) is 0 Å². The van der Waals surface area contributed by atoms with E-state index in [0.717, 1.165) is 25.1 Å². The second kappa shape index (κ2) is 7.24. The van der Waals surface area contributed by atoms with Crippen LogP contribution in [0.2, 0.25) is 5.02 Å². The summed E-state index contributed by atoms with van der Waals surface area (Å²) in [5, 5.41) is 3.72. The van der Waals surface area contributed by atoms with Crippen molar-refractivity contribution in [1.82, 2.24) is 5.32 Å². The van der Waals surface area contributed by atoms with E-state index in [4.69, 9.17) is 11.6 Å². The van der Waals surface area contributed by atoms with Gasteiger partial charge in [0.15, 0.2) is 0 Å². The van der Waals surface area contributed by atoms with E-state index in [2.05, 4.69) is 35.1 Å². The van der Waals surface area contributed by atoms with Crippen LogP contribution < -0.4 is 5.32 Å². The van der Waals surface area contributed by atoms with Gasteiger partial charge in [-0.1, -0.05) is 37.9 Å². The van der Waals surface area contributed by atoms with Gasteiger partial charge in [0.2, 0.25) is 0 Å². The van der Waals surface area contributed by atoms with E-state index in [1.54, 1.807) is 0 Å². The minimum absolute atomic E-state index is 0.211. The molecule has 112 valence electrons. The Bertz CT molecular complexity index is 464. The van der Waals surface area contributed by atoms with Crippen LogP contribution in [0.1, 0.15) is 44.6 Å². The van der Waals surface area contributed by atoms with Gasteiger partial charge in [-0.15, -0.1) is 0 Å². The van der Waals surface area contributed by atoms with Gasteiger partial charge < -0.3 is 5.32 Å². The van der Waals surface area contributed by atoms with Crippen molar-refractivity contribution in [2.75, 3.05) is 13.1 Å². The van der Waals surface area contributed by atoms with Gasteiger partial charge >= 0.3 is 0 Å². The molecule has 1 N–H and O–H groups in total. The first kappa shape index (κ1) is 16.3. The second-order valence-electron chi connectivity index (χ2n) is 6.11. The third-order valence-corrected chi connectivity index (χ3v) is 5.34. The normalized spacial score (nSPS) is 22.7. The third kappa shape index (κ3) is 3.75. The highest BCUT2D eigenvalue weighted by Gasteiger charge is 2.31. The van der Waals surface area contributed by atoms with Crippen molar-refractivity contribution in [3.63, 3.8) is 0 Å². The van der Waals surface area contributed by atoms with Crippen LogP contribution in [0.4, 0.5) is 4.39 Å². The lowest BCUT2D eigenvalue weighted by Crippen LogP contribution is -2.28. The molecule has 1 saturated carbocycles. The zero-order valence-corrected chi connectivity index (χ0v) is 14.4. The monoisotopic (exact) mass is 361 g/mol. The van der Waals surface area contributed by atoms with E-state index in [1.165, 1.54) is 12.8 Å². The molecule has 20 heavy (non-hydrogen) atoms. The molecule has 0 radical (unpaired) electrons. The van der Waals surface area contributed by atoms with Crippen LogP contribution in [-0.2, 0) is 0 Å². The number of hydrogen-bond acceptors (Lipinski definition) is 1. The molecule has 0 saturated heterocycles. The highest BCUT2D eigenvalue weighted by atomic mass is 79.9. The molecule has 0 bridgehead atoms. The smallest absolute Gasteiger partial charge is 0.146 e. The molecule has 1 aliphatic rings. The summed E-state index contributed by atoms with van der Waals surface area (Å²) in [7, 11) is 0. The topological polar surface area (TPSA) is 12.0 Å². The summed E-state index contributed by atoms with van der Waals surface area (Å²) in [5.41, 5.74) is 0.784. The predicted molar refractivity (Wildman–Crippen MR) is 86.9 cm³/mol. The van der Waals surface area contributed by atoms with Crippen LogP contribution in [0, 0.1) is 17.7 Å². The molecular weight excluding hydrogens is 341 g/mol. The van der Waals surface area contributed by atoms with Crippen LogP contribution in [0.3, 0.4) is 0 Å². The maximum absolute atomic E-state index is 14.4. The summed E-state index contributed by atoms with van der Waals surface area (Å²) < 4.78 is 15.0. The van der Waals surface area contributed by atoms with Gasteiger partial charge in [0.1, 0.15) is 5.82 Å². The molecular formula is C16H22BrClFN. The van der Waals surface area contributed by atoms with Gasteiger partial charge in [0.05, 0.1) is 5.02 Å². The molecule has 0 aliphatic heterocycles. The fraction of sp³-hybridized carbons (Fsp3) is 0.625. The van der Waals surface area contributed by atoms with Crippen molar-refractivity contribution < 1.29 is 4.39 Å². The quantitative estimate of drug-likeness (QED) is 0.694. The van der Waals surface area contributed by atoms with Crippen molar-refractivity contribution in [2.45, 2.75) is 39.0 Å². The molecule has 0 heterocycles. The number of nitrogens with one attached hydrogen (secondary N) is 1. The molecule has 1 fully saturated rings. The molecule has 0 aromatic heterocycles. The van der Waals surface area contributed by atoms with Crippen LogP contribution >= 0.6 is 27.5 Å². The molecule has 2 rings (SSSR count). The van der Waals surface area contributed by atoms with Crippen molar-refractivity contribution >= 4 is 27.5 Å².